The number of rotatable bonds is 6. The van der Waals surface area contributed by atoms with Gasteiger partial charge in [-0.05, 0) is 40.4 Å². The highest BCUT2D eigenvalue weighted by Crippen LogP contribution is 2.27. The van der Waals surface area contributed by atoms with Gasteiger partial charge in [0.2, 0.25) is 0 Å². The molecule has 3 nitrogen and oxygen atoms in total. The van der Waals surface area contributed by atoms with E-state index in [1.165, 1.54) is 0 Å². The minimum atomic E-state index is -0.976. The summed E-state index contributed by atoms with van der Waals surface area (Å²) in [5, 5.41) is 9.11. The molecule has 94 valence electrons. The first-order valence-corrected chi connectivity index (χ1v) is 6.50. The molecule has 0 saturated heterocycles. The third-order valence-corrected chi connectivity index (χ3v) is 3.15. The van der Waals surface area contributed by atoms with Gasteiger partial charge in [-0.15, -0.1) is 0 Å². The first kappa shape index (κ1) is 14.0. The Kier molecular flexibility index (Phi) is 5.48. The fourth-order valence-corrected chi connectivity index (χ4v) is 2.16. The quantitative estimate of drug-likeness (QED) is 0.865. The number of carbonyl (C=O) groups is 1. The van der Waals surface area contributed by atoms with Crippen LogP contribution in [-0.2, 0) is 0 Å². The molecule has 0 heterocycles. The number of carboxylic acid groups (broad SMARTS) is 1. The van der Waals surface area contributed by atoms with E-state index in [0.717, 1.165) is 12.8 Å². The van der Waals surface area contributed by atoms with Crippen molar-refractivity contribution in [3.8, 4) is 5.75 Å². The number of halogens is 1. The molecular weight excluding hydrogens is 284 g/mol. The largest absolute Gasteiger partial charge is 0.492 e. The zero-order valence-corrected chi connectivity index (χ0v) is 11.7. The van der Waals surface area contributed by atoms with Crippen LogP contribution in [0.5, 0.6) is 5.75 Å². The van der Waals surface area contributed by atoms with Crippen molar-refractivity contribution < 1.29 is 14.6 Å². The van der Waals surface area contributed by atoms with Crippen molar-refractivity contribution in [2.75, 3.05) is 6.61 Å². The van der Waals surface area contributed by atoms with Crippen molar-refractivity contribution in [3.63, 3.8) is 0 Å². The van der Waals surface area contributed by atoms with Crippen LogP contribution in [0.2, 0.25) is 0 Å². The molecule has 4 heteroatoms. The van der Waals surface area contributed by atoms with Crippen LogP contribution in [0.3, 0.4) is 0 Å². The monoisotopic (exact) mass is 300 g/mol. The normalized spacial score (nSPS) is 12.2. The van der Waals surface area contributed by atoms with Gasteiger partial charge in [0, 0.05) is 4.47 Å². The zero-order chi connectivity index (χ0) is 12.8. The molecule has 0 aliphatic heterocycles. The van der Waals surface area contributed by atoms with E-state index in [4.69, 9.17) is 9.84 Å². The van der Waals surface area contributed by atoms with E-state index in [0.29, 0.717) is 22.7 Å². The molecule has 0 fully saturated rings. The smallest absolute Gasteiger partial charge is 0.340 e. The van der Waals surface area contributed by atoms with Crippen LogP contribution in [0.4, 0.5) is 0 Å². The Morgan fingerprint density at radius 2 is 2.24 bits per heavy atom. The average molecular weight is 301 g/mol. The summed E-state index contributed by atoms with van der Waals surface area (Å²) in [5.74, 6) is -0.119. The van der Waals surface area contributed by atoms with Crippen molar-refractivity contribution in [1.82, 2.24) is 0 Å². The third-order valence-electron chi connectivity index (χ3n) is 2.49. The summed E-state index contributed by atoms with van der Waals surface area (Å²) in [6.45, 7) is 4.77. The molecule has 0 radical (unpaired) electrons. The molecule has 1 unspecified atom stereocenters. The van der Waals surface area contributed by atoms with Gasteiger partial charge in [0.1, 0.15) is 11.3 Å². The van der Waals surface area contributed by atoms with Gasteiger partial charge in [-0.1, -0.05) is 26.3 Å². The molecule has 1 atom stereocenters. The molecule has 1 rings (SSSR count). The fraction of sp³-hybridized carbons (Fsp3) is 0.462. The fourth-order valence-electron chi connectivity index (χ4n) is 1.64. The number of aromatic carboxylic acids is 1. The van der Waals surface area contributed by atoms with E-state index < -0.39 is 5.97 Å². The second-order valence-corrected chi connectivity index (χ2v) is 4.98. The highest BCUT2D eigenvalue weighted by molar-refractivity contribution is 9.10. The van der Waals surface area contributed by atoms with Crippen molar-refractivity contribution in [3.05, 3.63) is 28.2 Å². The van der Waals surface area contributed by atoms with Gasteiger partial charge in [0.05, 0.1) is 6.61 Å². The summed E-state index contributed by atoms with van der Waals surface area (Å²) in [4.78, 5) is 11.1. The Morgan fingerprint density at radius 3 is 2.82 bits per heavy atom. The maximum Gasteiger partial charge on any atom is 0.340 e. The number of ether oxygens (including phenoxy) is 1. The molecule has 0 spiro atoms. The molecular formula is C13H17BrO3. The van der Waals surface area contributed by atoms with E-state index in [2.05, 4.69) is 29.8 Å². The Bertz CT molecular complexity index is 390. The molecule has 1 aromatic carbocycles. The molecule has 0 aromatic heterocycles. The van der Waals surface area contributed by atoms with Crippen molar-refractivity contribution in [1.29, 1.82) is 0 Å². The van der Waals surface area contributed by atoms with Gasteiger partial charge in [-0.25, -0.2) is 4.79 Å². The Hall–Kier alpha value is -1.03. The highest BCUT2D eigenvalue weighted by Gasteiger charge is 2.15. The number of carboxylic acids is 1. The molecule has 0 amide bonds. The van der Waals surface area contributed by atoms with Crippen molar-refractivity contribution >= 4 is 21.9 Å². The predicted molar refractivity (Wildman–Crippen MR) is 70.7 cm³/mol. The Labute approximate surface area is 110 Å². The molecule has 0 saturated carbocycles. The summed E-state index contributed by atoms with van der Waals surface area (Å²) < 4.78 is 6.13. The van der Waals surface area contributed by atoms with Crippen LogP contribution in [0.25, 0.3) is 0 Å². The van der Waals surface area contributed by atoms with E-state index in [9.17, 15) is 4.79 Å². The second kappa shape index (κ2) is 6.64. The van der Waals surface area contributed by atoms with E-state index >= 15 is 0 Å². The second-order valence-electron chi connectivity index (χ2n) is 4.12. The number of benzene rings is 1. The molecule has 0 aliphatic carbocycles. The lowest BCUT2D eigenvalue weighted by Crippen LogP contribution is -2.11. The molecule has 1 N–H and O–H groups in total. The van der Waals surface area contributed by atoms with Gasteiger partial charge >= 0.3 is 5.97 Å². The van der Waals surface area contributed by atoms with Gasteiger partial charge < -0.3 is 9.84 Å². The Morgan fingerprint density at radius 1 is 1.53 bits per heavy atom. The maximum absolute atomic E-state index is 11.1. The first-order valence-electron chi connectivity index (χ1n) is 5.70. The predicted octanol–water partition coefficient (Wildman–Crippen LogP) is 3.96. The van der Waals surface area contributed by atoms with Crippen LogP contribution < -0.4 is 4.74 Å². The highest BCUT2D eigenvalue weighted by atomic mass is 79.9. The van der Waals surface area contributed by atoms with Gasteiger partial charge in [-0.2, -0.15) is 0 Å². The maximum atomic E-state index is 11.1. The lowest BCUT2D eigenvalue weighted by molar-refractivity contribution is 0.0690. The number of hydrogen-bond acceptors (Lipinski definition) is 2. The number of hydrogen-bond donors (Lipinski definition) is 1. The van der Waals surface area contributed by atoms with Gasteiger partial charge in [0.15, 0.2) is 0 Å². The lowest BCUT2D eigenvalue weighted by atomic mass is 10.1. The van der Waals surface area contributed by atoms with Crippen LogP contribution >= 0.6 is 15.9 Å². The first-order chi connectivity index (χ1) is 8.06. The minimum absolute atomic E-state index is 0.191. The Balaban J connectivity index is 2.77. The molecule has 17 heavy (non-hydrogen) atoms. The average Bonchev–Trinajstić information content (AvgIpc) is 2.26. The third kappa shape index (κ3) is 4.04. The summed E-state index contributed by atoms with van der Waals surface area (Å²) >= 11 is 3.22. The topological polar surface area (TPSA) is 46.5 Å². The van der Waals surface area contributed by atoms with Crippen LogP contribution in [0.1, 0.15) is 37.0 Å². The van der Waals surface area contributed by atoms with Gasteiger partial charge in [-0.3, -0.25) is 0 Å². The molecule has 0 bridgehead atoms. The zero-order valence-electron chi connectivity index (χ0n) is 10.1. The van der Waals surface area contributed by atoms with Crippen molar-refractivity contribution in [2.45, 2.75) is 26.7 Å². The lowest BCUT2D eigenvalue weighted by Gasteiger charge is -2.14. The van der Waals surface area contributed by atoms with E-state index in [1.54, 1.807) is 18.2 Å². The van der Waals surface area contributed by atoms with Crippen LogP contribution in [-0.4, -0.2) is 17.7 Å². The summed E-state index contributed by atoms with van der Waals surface area (Å²) in [7, 11) is 0. The van der Waals surface area contributed by atoms with Gasteiger partial charge in [0.25, 0.3) is 0 Å². The summed E-state index contributed by atoms with van der Waals surface area (Å²) in [6.07, 6.45) is 2.19. The minimum Gasteiger partial charge on any atom is -0.492 e. The van der Waals surface area contributed by atoms with Crippen LogP contribution in [0, 0.1) is 5.92 Å². The van der Waals surface area contributed by atoms with Crippen LogP contribution in [0.15, 0.2) is 22.7 Å². The molecule has 0 aliphatic rings. The molecule has 1 aromatic rings. The summed E-state index contributed by atoms with van der Waals surface area (Å²) in [6, 6.07) is 5.16. The van der Waals surface area contributed by atoms with Crippen molar-refractivity contribution in [2.24, 2.45) is 5.92 Å². The SMILES string of the molecule is CCCC(C)COc1cccc(Br)c1C(=O)O. The van der Waals surface area contributed by atoms with E-state index in [-0.39, 0.29) is 5.56 Å². The standard InChI is InChI=1S/C13H17BrO3/c1-3-5-9(2)8-17-11-7-4-6-10(14)12(11)13(15)16/h4,6-7,9H,3,5,8H2,1-2H3,(H,15,16). The van der Waals surface area contributed by atoms with E-state index in [1.807, 2.05) is 0 Å². The summed E-state index contributed by atoms with van der Waals surface area (Å²) in [5.41, 5.74) is 0.191.